The summed E-state index contributed by atoms with van der Waals surface area (Å²) in [5, 5.41) is 0. The van der Waals surface area contributed by atoms with E-state index in [9.17, 15) is 0 Å². The van der Waals surface area contributed by atoms with Crippen LogP contribution in [0.5, 0.6) is 5.75 Å². The topological polar surface area (TPSA) is 12.5 Å². The number of rotatable bonds is 8. The maximum atomic E-state index is 5.85. The first kappa shape index (κ1) is 20.0. The maximum Gasteiger partial charge on any atom is 0.119 e. The van der Waals surface area contributed by atoms with Crippen molar-refractivity contribution in [3.05, 3.63) is 29.8 Å². The van der Waals surface area contributed by atoms with E-state index in [2.05, 4.69) is 77.8 Å². The molecule has 2 heteroatoms. The van der Waals surface area contributed by atoms with E-state index in [1.165, 1.54) is 18.4 Å². The van der Waals surface area contributed by atoms with Crippen molar-refractivity contribution in [1.82, 2.24) is 4.90 Å². The van der Waals surface area contributed by atoms with Gasteiger partial charge in [-0.3, -0.25) is 0 Å². The summed E-state index contributed by atoms with van der Waals surface area (Å²) in [5.41, 5.74) is 2.11. The van der Waals surface area contributed by atoms with Gasteiger partial charge in [0.1, 0.15) is 5.75 Å². The summed E-state index contributed by atoms with van der Waals surface area (Å²) in [4.78, 5) is 2.38. The van der Waals surface area contributed by atoms with E-state index in [1.807, 2.05) is 0 Å². The summed E-state index contributed by atoms with van der Waals surface area (Å²) >= 11 is 0. The van der Waals surface area contributed by atoms with Crippen molar-refractivity contribution in [2.45, 2.75) is 67.3 Å². The summed E-state index contributed by atoms with van der Waals surface area (Å²) in [5.74, 6) is 0.989. The fourth-order valence-corrected chi connectivity index (χ4v) is 2.82. The molecule has 132 valence electrons. The van der Waals surface area contributed by atoms with Gasteiger partial charge in [0.15, 0.2) is 0 Å². The average molecular weight is 320 g/mol. The Kier molecular flexibility index (Phi) is 7.60. The molecule has 0 unspecified atom stereocenters. The molecule has 0 bridgehead atoms. The number of unbranched alkanes of at least 4 members (excludes halogenated alkanes) is 1. The van der Waals surface area contributed by atoms with Gasteiger partial charge in [-0.05, 0) is 54.8 Å². The Bertz CT molecular complexity index is 436. The third kappa shape index (κ3) is 10.4. The van der Waals surface area contributed by atoms with Crippen LogP contribution >= 0.6 is 0 Å². The van der Waals surface area contributed by atoms with Crippen molar-refractivity contribution in [3.8, 4) is 5.75 Å². The molecule has 0 amide bonds. The summed E-state index contributed by atoms with van der Waals surface area (Å²) < 4.78 is 5.85. The van der Waals surface area contributed by atoms with Crippen molar-refractivity contribution in [3.63, 3.8) is 0 Å². The zero-order valence-electron chi connectivity index (χ0n) is 16.4. The van der Waals surface area contributed by atoms with Gasteiger partial charge in [0.05, 0.1) is 6.61 Å². The number of nitrogens with zero attached hydrogens (tertiary/aromatic N) is 1. The summed E-state index contributed by atoms with van der Waals surface area (Å²) in [6.45, 7) is 16.6. The molecule has 1 aromatic rings. The Hall–Kier alpha value is -1.02. The van der Waals surface area contributed by atoms with Crippen molar-refractivity contribution in [2.24, 2.45) is 10.8 Å². The third-order valence-electron chi connectivity index (χ3n) is 3.71. The van der Waals surface area contributed by atoms with E-state index in [-0.39, 0.29) is 0 Å². The van der Waals surface area contributed by atoms with E-state index in [0.29, 0.717) is 10.8 Å². The predicted octanol–water partition coefficient (Wildman–Crippen LogP) is 5.76. The largest absolute Gasteiger partial charge is 0.494 e. The monoisotopic (exact) mass is 319 g/mol. The average Bonchev–Trinajstić information content (AvgIpc) is 2.36. The molecule has 0 radical (unpaired) electrons. The van der Waals surface area contributed by atoms with Crippen LogP contribution in [0.15, 0.2) is 24.3 Å². The molecule has 0 saturated heterocycles. The highest BCUT2D eigenvalue weighted by Gasteiger charge is 2.13. The van der Waals surface area contributed by atoms with E-state index in [4.69, 9.17) is 4.74 Å². The maximum absolute atomic E-state index is 5.85. The molecule has 1 rings (SSSR count). The van der Waals surface area contributed by atoms with Gasteiger partial charge in [-0.1, -0.05) is 53.7 Å². The van der Waals surface area contributed by atoms with Crippen LogP contribution in [-0.2, 0) is 6.54 Å². The van der Waals surface area contributed by atoms with Crippen LogP contribution in [0.2, 0.25) is 0 Å². The van der Waals surface area contributed by atoms with E-state index in [0.717, 1.165) is 31.9 Å². The molecular formula is C21H37NO. The van der Waals surface area contributed by atoms with E-state index in [1.54, 1.807) is 0 Å². The molecule has 0 saturated carbocycles. The second kappa shape index (κ2) is 8.73. The Morgan fingerprint density at radius 3 is 2.00 bits per heavy atom. The molecule has 1 aromatic carbocycles. The second-order valence-corrected chi connectivity index (χ2v) is 9.24. The number of benzene rings is 1. The zero-order chi connectivity index (χ0) is 17.5. The van der Waals surface area contributed by atoms with Gasteiger partial charge in [0, 0.05) is 13.1 Å². The Labute approximate surface area is 144 Å². The van der Waals surface area contributed by atoms with Crippen LogP contribution in [0.1, 0.15) is 66.4 Å². The minimum absolute atomic E-state index is 0.338. The first-order chi connectivity index (χ1) is 10.6. The normalized spacial score (nSPS) is 12.7. The lowest BCUT2D eigenvalue weighted by atomic mass is 9.90. The van der Waals surface area contributed by atoms with Gasteiger partial charge >= 0.3 is 0 Å². The smallest absolute Gasteiger partial charge is 0.119 e. The minimum Gasteiger partial charge on any atom is -0.494 e. The molecular weight excluding hydrogens is 282 g/mol. The molecule has 0 aliphatic heterocycles. The molecule has 23 heavy (non-hydrogen) atoms. The van der Waals surface area contributed by atoms with Crippen LogP contribution in [-0.4, -0.2) is 25.1 Å². The fourth-order valence-electron chi connectivity index (χ4n) is 2.82. The summed E-state index contributed by atoms with van der Waals surface area (Å²) in [6.07, 6.45) is 3.63. The highest BCUT2D eigenvalue weighted by atomic mass is 16.5. The van der Waals surface area contributed by atoms with Gasteiger partial charge in [0.2, 0.25) is 0 Å². The lowest BCUT2D eigenvalue weighted by molar-refractivity contribution is 0.220. The van der Waals surface area contributed by atoms with E-state index < -0.39 is 0 Å². The lowest BCUT2D eigenvalue weighted by Crippen LogP contribution is -2.28. The minimum atomic E-state index is 0.338. The van der Waals surface area contributed by atoms with Crippen LogP contribution in [0, 0.1) is 10.8 Å². The van der Waals surface area contributed by atoms with Gasteiger partial charge in [0.25, 0.3) is 0 Å². The molecule has 2 nitrogen and oxygen atoms in total. The molecule has 0 aromatic heterocycles. The Morgan fingerprint density at radius 1 is 0.870 bits per heavy atom. The molecule has 0 atom stereocenters. The first-order valence-corrected chi connectivity index (χ1v) is 8.95. The zero-order valence-corrected chi connectivity index (χ0v) is 16.4. The summed E-state index contributed by atoms with van der Waals surface area (Å²) in [7, 11) is 2.19. The highest BCUT2D eigenvalue weighted by Crippen LogP contribution is 2.22. The van der Waals surface area contributed by atoms with Crippen LogP contribution in [0.25, 0.3) is 0 Å². The van der Waals surface area contributed by atoms with Gasteiger partial charge in [-0.25, -0.2) is 0 Å². The molecule has 0 aliphatic carbocycles. The molecule has 0 spiro atoms. The molecule has 0 fully saturated rings. The van der Waals surface area contributed by atoms with E-state index >= 15 is 0 Å². The van der Waals surface area contributed by atoms with Crippen LogP contribution in [0.4, 0.5) is 0 Å². The summed E-state index contributed by atoms with van der Waals surface area (Å²) in [6, 6.07) is 8.57. The highest BCUT2D eigenvalue weighted by molar-refractivity contribution is 5.27. The number of hydrogen-bond donors (Lipinski definition) is 0. The van der Waals surface area contributed by atoms with Crippen LogP contribution < -0.4 is 4.74 Å². The quantitative estimate of drug-likeness (QED) is 0.565. The van der Waals surface area contributed by atoms with Crippen molar-refractivity contribution in [2.75, 3.05) is 20.2 Å². The standard InChI is InChI=1S/C21H37NO/c1-20(2,3)14-8-9-15-23-19-12-10-18(11-13-19)16-22(7)17-21(4,5)6/h10-13H,8-9,14-17H2,1-7H3. The van der Waals surface area contributed by atoms with Crippen molar-refractivity contribution in [1.29, 1.82) is 0 Å². The first-order valence-electron chi connectivity index (χ1n) is 8.95. The van der Waals surface area contributed by atoms with Gasteiger partial charge in [-0.15, -0.1) is 0 Å². The Balaban J connectivity index is 2.31. The molecule has 0 N–H and O–H groups in total. The predicted molar refractivity (Wildman–Crippen MR) is 101 cm³/mol. The van der Waals surface area contributed by atoms with Crippen LogP contribution in [0.3, 0.4) is 0 Å². The molecule has 0 aliphatic rings. The SMILES string of the molecule is CN(Cc1ccc(OCCCCC(C)(C)C)cc1)CC(C)(C)C. The fraction of sp³-hybridized carbons (Fsp3) is 0.714. The third-order valence-corrected chi connectivity index (χ3v) is 3.71. The number of hydrogen-bond acceptors (Lipinski definition) is 2. The van der Waals surface area contributed by atoms with Crippen molar-refractivity contribution >= 4 is 0 Å². The van der Waals surface area contributed by atoms with Gasteiger partial charge < -0.3 is 9.64 Å². The van der Waals surface area contributed by atoms with Crippen molar-refractivity contribution < 1.29 is 4.74 Å². The lowest BCUT2D eigenvalue weighted by Gasteiger charge is -2.26. The Morgan fingerprint density at radius 2 is 1.48 bits per heavy atom. The second-order valence-electron chi connectivity index (χ2n) is 9.24. The van der Waals surface area contributed by atoms with Gasteiger partial charge in [-0.2, -0.15) is 0 Å². The number of ether oxygens (including phenoxy) is 1. The molecule has 0 heterocycles.